The highest BCUT2D eigenvalue weighted by Gasteiger charge is 2.39. The number of nitrogens with two attached hydrogens (primary N) is 1. The molecule has 5 aromatic rings. The molecule has 1 aliphatic carbocycles. The van der Waals surface area contributed by atoms with Gasteiger partial charge in [0.15, 0.2) is 5.60 Å². The van der Waals surface area contributed by atoms with E-state index < -0.39 is 35.6 Å². The Morgan fingerprint density at radius 2 is 2.00 bits per heavy atom. The Morgan fingerprint density at radius 3 is 2.66 bits per heavy atom. The first kappa shape index (κ1) is 32.3. The van der Waals surface area contributed by atoms with Gasteiger partial charge in [-0.2, -0.15) is 5.10 Å². The molecule has 1 saturated carbocycles. The number of benzene rings is 2. The summed E-state index contributed by atoms with van der Waals surface area (Å²) in [6.07, 6.45) is 5.01. The van der Waals surface area contributed by atoms with Gasteiger partial charge in [0, 0.05) is 45.9 Å². The number of aromatic nitrogens is 4. The summed E-state index contributed by atoms with van der Waals surface area (Å²) in [5.41, 5.74) is 3.98. The number of halogens is 3. The molecule has 1 aliphatic rings. The highest BCUT2D eigenvalue weighted by Crippen LogP contribution is 2.40. The third-order valence-corrected chi connectivity index (χ3v) is 8.89. The molecule has 0 aliphatic heterocycles. The first-order valence-electron chi connectivity index (χ1n) is 14.6. The quantitative estimate of drug-likeness (QED) is 0.157. The largest absolute Gasteiger partial charge is 0.494 e. The molecule has 1 atom stereocenters. The molecule has 47 heavy (non-hydrogen) atoms. The summed E-state index contributed by atoms with van der Waals surface area (Å²) in [4.78, 5) is 34.6. The second-order valence-electron chi connectivity index (χ2n) is 11.0. The first-order chi connectivity index (χ1) is 22.5. The summed E-state index contributed by atoms with van der Waals surface area (Å²) >= 11 is 7.10. The normalized spacial score (nSPS) is 14.2. The molecule has 0 bridgehead atoms. The highest BCUT2D eigenvalue weighted by molar-refractivity contribution is 7.09. The van der Waals surface area contributed by atoms with Crippen LogP contribution in [0.5, 0.6) is 11.5 Å². The van der Waals surface area contributed by atoms with Crippen LogP contribution in [0.3, 0.4) is 0 Å². The monoisotopic (exact) mass is 682 g/mol. The van der Waals surface area contributed by atoms with Gasteiger partial charge in [-0.25, -0.2) is 18.7 Å². The number of thiazole rings is 1. The molecule has 3 heterocycles. The van der Waals surface area contributed by atoms with Crippen LogP contribution in [0, 0.1) is 11.6 Å². The van der Waals surface area contributed by atoms with Crippen LogP contribution in [-0.4, -0.2) is 56.9 Å². The number of methoxy groups -OCH3 is 1. The van der Waals surface area contributed by atoms with Crippen LogP contribution in [0.4, 0.5) is 8.78 Å². The Bertz CT molecular complexity index is 2000. The number of fused-ring (bicyclic) bond motifs is 1. The molecule has 4 N–H and O–H groups in total. The van der Waals surface area contributed by atoms with Crippen LogP contribution in [0.1, 0.15) is 52.4 Å². The number of primary amides is 1. The van der Waals surface area contributed by atoms with E-state index in [2.05, 4.69) is 20.4 Å². The maximum Gasteiger partial charge on any atom is 0.251 e. The van der Waals surface area contributed by atoms with Gasteiger partial charge < -0.3 is 25.6 Å². The van der Waals surface area contributed by atoms with E-state index in [4.69, 9.17) is 26.8 Å². The zero-order valence-corrected chi connectivity index (χ0v) is 26.8. The molecule has 2 aromatic carbocycles. The van der Waals surface area contributed by atoms with Crippen LogP contribution in [0.15, 0.2) is 48.1 Å². The highest BCUT2D eigenvalue weighted by atomic mass is 35.5. The number of hydrogen-bond acceptors (Lipinski definition) is 9. The molecular weight excluding hydrogens is 654 g/mol. The molecular formula is C32H29ClF2N6O5S. The number of carbonyl (C=O) groups is 2. The van der Waals surface area contributed by atoms with Crippen molar-refractivity contribution in [1.29, 1.82) is 0 Å². The molecule has 0 spiro atoms. The zero-order valence-electron chi connectivity index (χ0n) is 25.2. The van der Waals surface area contributed by atoms with Crippen molar-refractivity contribution in [1.82, 2.24) is 25.1 Å². The number of nitrogens with zero attached hydrogens (tertiary/aromatic N) is 4. The van der Waals surface area contributed by atoms with Gasteiger partial charge in [-0.3, -0.25) is 14.3 Å². The number of nitrogens with one attached hydrogen (secondary N) is 1. The first-order valence-corrected chi connectivity index (χ1v) is 15.9. The van der Waals surface area contributed by atoms with E-state index in [0.29, 0.717) is 28.8 Å². The average molecular weight is 683 g/mol. The van der Waals surface area contributed by atoms with Crippen LogP contribution in [0.2, 0.25) is 5.02 Å². The van der Waals surface area contributed by atoms with Gasteiger partial charge in [0.1, 0.15) is 39.4 Å². The molecule has 3 aromatic heterocycles. The van der Waals surface area contributed by atoms with Crippen LogP contribution >= 0.6 is 22.9 Å². The van der Waals surface area contributed by atoms with E-state index in [1.54, 1.807) is 24.4 Å². The van der Waals surface area contributed by atoms with Gasteiger partial charge in [-0.15, -0.1) is 11.3 Å². The molecule has 0 saturated heterocycles. The van der Waals surface area contributed by atoms with Crippen molar-refractivity contribution in [2.45, 2.75) is 37.8 Å². The van der Waals surface area contributed by atoms with Crippen molar-refractivity contribution in [3.8, 4) is 22.8 Å². The van der Waals surface area contributed by atoms with Gasteiger partial charge in [-0.1, -0.05) is 11.6 Å². The van der Waals surface area contributed by atoms with Gasteiger partial charge in [-0.05, 0) is 44.0 Å². The number of pyridine rings is 1. The number of amides is 2. The van der Waals surface area contributed by atoms with Crippen LogP contribution in [-0.2, 0) is 16.8 Å². The van der Waals surface area contributed by atoms with Gasteiger partial charge in [0.25, 0.3) is 5.91 Å². The fourth-order valence-corrected chi connectivity index (χ4v) is 6.16. The molecule has 6 rings (SSSR count). The maximum absolute atomic E-state index is 15.3. The zero-order chi connectivity index (χ0) is 33.5. The smallest absolute Gasteiger partial charge is 0.251 e. The van der Waals surface area contributed by atoms with Gasteiger partial charge >= 0.3 is 0 Å². The predicted molar refractivity (Wildman–Crippen MR) is 171 cm³/mol. The standard InChI is InChI=1S/C32H29ClF2N6O5S/c1-3-46-29-16(11-26(36)42)10-25(39-28(29)20-12-21(33)23(35)13-22(20)34)32(44,31-37-6-7-47-31)15-38-30(43)17-8-18-14-41(19-4-5-19)40-27(18)24(9-17)45-2/h6-10,12-14,19,44H,3-5,11,15H2,1-2H3,(H2,36,42)(H,38,43)/t32-/m0/s1. The molecule has 244 valence electrons. The lowest BCUT2D eigenvalue weighted by Gasteiger charge is -2.28. The summed E-state index contributed by atoms with van der Waals surface area (Å²) in [5, 5.41) is 21.8. The molecule has 1 fully saturated rings. The lowest BCUT2D eigenvalue weighted by atomic mass is 9.94. The van der Waals surface area contributed by atoms with Crippen molar-refractivity contribution < 1.29 is 33.0 Å². The number of rotatable bonds is 12. The minimum absolute atomic E-state index is 0.00529. The van der Waals surface area contributed by atoms with Crippen molar-refractivity contribution in [2.24, 2.45) is 5.73 Å². The molecule has 0 radical (unpaired) electrons. The van der Waals surface area contributed by atoms with E-state index in [9.17, 15) is 19.1 Å². The fourth-order valence-electron chi connectivity index (χ4n) is 5.26. The lowest BCUT2D eigenvalue weighted by Crippen LogP contribution is -2.42. The molecule has 2 amide bonds. The van der Waals surface area contributed by atoms with E-state index in [-0.39, 0.29) is 56.9 Å². The van der Waals surface area contributed by atoms with E-state index in [1.165, 1.54) is 19.4 Å². The average Bonchev–Trinajstić information content (AvgIpc) is 3.55. The van der Waals surface area contributed by atoms with Crippen molar-refractivity contribution in [3.63, 3.8) is 0 Å². The lowest BCUT2D eigenvalue weighted by molar-refractivity contribution is -0.117. The van der Waals surface area contributed by atoms with E-state index in [1.807, 2.05) is 10.9 Å². The second-order valence-corrected chi connectivity index (χ2v) is 12.3. The fraction of sp³-hybridized carbons (Fsp3) is 0.281. The summed E-state index contributed by atoms with van der Waals surface area (Å²) in [5.74, 6) is -2.88. The summed E-state index contributed by atoms with van der Waals surface area (Å²) in [6, 6.07) is 6.58. The number of carbonyl (C=O) groups excluding carboxylic acids is 2. The Hall–Kier alpha value is -4.66. The topological polar surface area (TPSA) is 154 Å². The Kier molecular flexibility index (Phi) is 8.83. The molecule has 15 heteroatoms. The number of ether oxygens (including phenoxy) is 2. The maximum atomic E-state index is 15.3. The van der Waals surface area contributed by atoms with Crippen LogP contribution < -0.4 is 20.5 Å². The second kappa shape index (κ2) is 12.9. The van der Waals surface area contributed by atoms with Gasteiger partial charge in [0.05, 0.1) is 43.4 Å². The van der Waals surface area contributed by atoms with Crippen molar-refractivity contribution in [3.05, 3.63) is 86.6 Å². The summed E-state index contributed by atoms with van der Waals surface area (Å²) in [6.45, 7) is 1.32. The Morgan fingerprint density at radius 1 is 1.21 bits per heavy atom. The summed E-state index contributed by atoms with van der Waals surface area (Å²) < 4.78 is 42.6. The minimum Gasteiger partial charge on any atom is -0.494 e. The number of aliphatic hydroxyl groups is 1. The SMILES string of the molecule is CCOc1c(CC(N)=O)cc([C@@](O)(CNC(=O)c2cc(OC)c3nn(C4CC4)cc3c2)c2nccs2)nc1-c1cc(Cl)c(F)cc1F. The Labute approximate surface area is 276 Å². The van der Waals surface area contributed by atoms with Gasteiger partial charge in [0.2, 0.25) is 5.91 Å². The third-order valence-electron chi connectivity index (χ3n) is 7.68. The van der Waals surface area contributed by atoms with E-state index >= 15 is 4.39 Å². The van der Waals surface area contributed by atoms with Crippen LogP contribution in [0.25, 0.3) is 22.2 Å². The van der Waals surface area contributed by atoms with Crippen molar-refractivity contribution >= 4 is 45.7 Å². The Balaban J connectivity index is 1.43. The number of hydrogen-bond donors (Lipinski definition) is 3. The van der Waals surface area contributed by atoms with E-state index in [0.717, 1.165) is 30.2 Å². The molecule has 0 unspecified atom stereocenters. The summed E-state index contributed by atoms with van der Waals surface area (Å²) in [7, 11) is 1.49. The third kappa shape index (κ3) is 6.35. The van der Waals surface area contributed by atoms with Crippen molar-refractivity contribution in [2.75, 3.05) is 20.3 Å². The minimum atomic E-state index is -2.10. The predicted octanol–water partition coefficient (Wildman–Crippen LogP) is 4.92. The molecule has 11 nitrogen and oxygen atoms in total.